The molecule has 2 heterocycles. The third-order valence-corrected chi connectivity index (χ3v) is 7.16. The van der Waals surface area contributed by atoms with Gasteiger partial charge in [0.1, 0.15) is 30.4 Å². The molecule has 0 spiro atoms. The minimum absolute atomic E-state index is 0.326. The molecule has 1 fully saturated rings. The first-order valence-electron chi connectivity index (χ1n) is 12.6. The average molecular weight is 576 g/mol. The smallest absolute Gasteiger partial charge is 0.465 e. The molecule has 3 aromatic carbocycles. The highest BCUT2D eigenvalue weighted by Gasteiger charge is 2.49. The molecule has 5 rings (SSSR count). The predicted molar refractivity (Wildman–Crippen MR) is 142 cm³/mol. The van der Waals surface area contributed by atoms with Crippen LogP contribution in [0.1, 0.15) is 6.92 Å². The summed E-state index contributed by atoms with van der Waals surface area (Å²) in [7, 11) is 4.50. The molecule has 0 unspecified atom stereocenters. The number of hydrogen-bond acceptors (Lipinski definition) is 7. The van der Waals surface area contributed by atoms with Crippen molar-refractivity contribution in [2.75, 3.05) is 26.2 Å². The zero-order valence-corrected chi connectivity index (χ0v) is 22.5. The number of halogens is 3. The van der Waals surface area contributed by atoms with Gasteiger partial charge in [0.15, 0.2) is 6.23 Å². The largest absolute Gasteiger partial charge is 0.573 e. The van der Waals surface area contributed by atoms with E-state index in [1.807, 2.05) is 6.07 Å². The molecule has 218 valence electrons. The molecule has 5 atom stereocenters. The van der Waals surface area contributed by atoms with Crippen LogP contribution in [0, 0.1) is 0 Å². The van der Waals surface area contributed by atoms with E-state index >= 15 is 0 Å². The SMILES string of the molecule is CO[C@@H]1[C@@H](OC)[C@H](C)O[C@@H](N(C(=O)O)c2ccc3c(ccc4c3ncn4-c3ccc(OC(F)(F)F)cc3)c2)[C@@H]1OC. The zero-order valence-electron chi connectivity index (χ0n) is 22.5. The van der Waals surface area contributed by atoms with Gasteiger partial charge in [-0.1, -0.05) is 12.1 Å². The number of carbonyl (C=O) groups is 1. The number of amides is 1. The van der Waals surface area contributed by atoms with Crippen LogP contribution in [0.15, 0.2) is 60.9 Å². The Bertz CT molecular complexity index is 1540. The van der Waals surface area contributed by atoms with Gasteiger partial charge in [0.2, 0.25) is 0 Å². The maximum atomic E-state index is 12.6. The average Bonchev–Trinajstić information content (AvgIpc) is 3.36. The van der Waals surface area contributed by atoms with Crippen LogP contribution in [0.3, 0.4) is 0 Å². The second kappa shape index (κ2) is 11.2. The van der Waals surface area contributed by atoms with Crippen molar-refractivity contribution in [3.05, 3.63) is 60.9 Å². The Kier molecular flexibility index (Phi) is 7.79. The highest BCUT2D eigenvalue weighted by Crippen LogP contribution is 2.35. The van der Waals surface area contributed by atoms with Crippen molar-refractivity contribution in [3.8, 4) is 11.4 Å². The highest BCUT2D eigenvalue weighted by molar-refractivity contribution is 6.06. The monoisotopic (exact) mass is 575 g/mol. The van der Waals surface area contributed by atoms with Gasteiger partial charge >= 0.3 is 12.5 Å². The number of ether oxygens (including phenoxy) is 5. The second-order valence-electron chi connectivity index (χ2n) is 9.48. The van der Waals surface area contributed by atoms with Crippen molar-refractivity contribution in [1.29, 1.82) is 0 Å². The van der Waals surface area contributed by atoms with Gasteiger partial charge in [-0.2, -0.15) is 0 Å². The number of benzene rings is 3. The number of alkyl halides is 3. The van der Waals surface area contributed by atoms with Gasteiger partial charge in [0.25, 0.3) is 0 Å². The molecule has 0 aliphatic carbocycles. The molecule has 4 aromatic rings. The van der Waals surface area contributed by atoms with Crippen molar-refractivity contribution >= 4 is 33.6 Å². The fourth-order valence-corrected chi connectivity index (χ4v) is 5.37. The topological polar surface area (TPSA) is 105 Å². The van der Waals surface area contributed by atoms with Crippen LogP contribution in [0.5, 0.6) is 5.75 Å². The minimum Gasteiger partial charge on any atom is -0.465 e. The first kappa shape index (κ1) is 28.6. The van der Waals surface area contributed by atoms with E-state index in [-0.39, 0.29) is 5.75 Å². The van der Waals surface area contributed by atoms with E-state index in [9.17, 15) is 23.1 Å². The molecule has 1 aliphatic rings. The second-order valence-corrected chi connectivity index (χ2v) is 9.48. The number of fused-ring (bicyclic) bond motifs is 3. The molecule has 1 aliphatic heterocycles. The normalized spacial score (nSPS) is 23.1. The Hall–Kier alpha value is -3.91. The molecule has 0 radical (unpaired) electrons. The molecule has 13 heteroatoms. The molecular formula is C28H28F3N3O7. The van der Waals surface area contributed by atoms with Crippen LogP contribution in [-0.2, 0) is 18.9 Å². The van der Waals surface area contributed by atoms with E-state index < -0.39 is 43.1 Å². The number of nitrogens with zero attached hydrogens (tertiary/aromatic N) is 3. The Balaban J connectivity index is 1.50. The summed E-state index contributed by atoms with van der Waals surface area (Å²) in [5, 5.41) is 11.7. The third kappa shape index (κ3) is 5.40. The molecule has 1 saturated heterocycles. The number of hydrogen-bond donors (Lipinski definition) is 1. The van der Waals surface area contributed by atoms with Crippen LogP contribution in [0.25, 0.3) is 27.5 Å². The van der Waals surface area contributed by atoms with E-state index in [0.29, 0.717) is 22.4 Å². The molecule has 1 amide bonds. The fourth-order valence-electron chi connectivity index (χ4n) is 5.37. The fraction of sp³-hybridized carbons (Fsp3) is 0.357. The first-order chi connectivity index (χ1) is 19.6. The van der Waals surface area contributed by atoms with Crippen molar-refractivity contribution < 1.29 is 46.8 Å². The number of aromatic nitrogens is 2. The lowest BCUT2D eigenvalue weighted by Gasteiger charge is -2.46. The number of anilines is 1. The lowest BCUT2D eigenvalue weighted by Crippen LogP contribution is -2.64. The summed E-state index contributed by atoms with van der Waals surface area (Å²) in [6.07, 6.45) is -7.78. The summed E-state index contributed by atoms with van der Waals surface area (Å²) in [4.78, 5) is 18.2. The summed E-state index contributed by atoms with van der Waals surface area (Å²) in [5.74, 6) is -0.326. The lowest BCUT2D eigenvalue weighted by atomic mass is 9.97. The van der Waals surface area contributed by atoms with Gasteiger partial charge in [-0.15, -0.1) is 13.2 Å². The van der Waals surface area contributed by atoms with Gasteiger partial charge in [0.05, 0.1) is 22.8 Å². The zero-order chi connectivity index (χ0) is 29.5. The summed E-state index contributed by atoms with van der Waals surface area (Å²) in [5.41, 5.74) is 2.29. The number of carboxylic acid groups (broad SMARTS) is 1. The van der Waals surface area contributed by atoms with Gasteiger partial charge in [-0.3, -0.25) is 4.57 Å². The van der Waals surface area contributed by atoms with E-state index in [2.05, 4.69) is 9.72 Å². The Labute approximate surface area is 232 Å². The molecular weight excluding hydrogens is 547 g/mol. The minimum atomic E-state index is -4.78. The maximum Gasteiger partial charge on any atom is 0.573 e. The van der Waals surface area contributed by atoms with E-state index in [1.165, 1.54) is 45.6 Å². The predicted octanol–water partition coefficient (Wildman–Crippen LogP) is 5.35. The van der Waals surface area contributed by atoms with Crippen molar-refractivity contribution in [1.82, 2.24) is 9.55 Å². The molecule has 1 aromatic heterocycles. The standard InChI is InChI=1S/C28H28F3N3O7/c1-15-23(37-2)24(38-3)25(39-4)26(40-15)34(27(35)36)18-8-11-20-16(13-18)5-12-21-22(20)32-14-33(21)17-6-9-19(10-7-17)41-28(29,30)31/h5-15,23-26H,1-4H3,(H,35,36)/t15-,23-,24+,25+,26+/m0/s1. The maximum absolute atomic E-state index is 12.6. The van der Waals surface area contributed by atoms with E-state index in [1.54, 1.807) is 42.1 Å². The van der Waals surface area contributed by atoms with Crippen molar-refractivity contribution in [3.63, 3.8) is 0 Å². The summed E-state index contributed by atoms with van der Waals surface area (Å²) in [6.45, 7) is 1.78. The molecule has 0 bridgehead atoms. The molecule has 0 saturated carbocycles. The van der Waals surface area contributed by atoms with Crippen LogP contribution < -0.4 is 9.64 Å². The summed E-state index contributed by atoms with van der Waals surface area (Å²) >= 11 is 0. The summed E-state index contributed by atoms with van der Waals surface area (Å²) < 4.78 is 66.2. The Morgan fingerprint density at radius 1 is 0.976 bits per heavy atom. The van der Waals surface area contributed by atoms with Gasteiger partial charge in [-0.25, -0.2) is 14.7 Å². The molecule has 41 heavy (non-hydrogen) atoms. The summed E-state index contributed by atoms with van der Waals surface area (Å²) in [6, 6.07) is 14.2. The van der Waals surface area contributed by atoms with Gasteiger partial charge < -0.3 is 28.8 Å². The van der Waals surface area contributed by atoms with Crippen LogP contribution in [0.2, 0.25) is 0 Å². The van der Waals surface area contributed by atoms with Crippen molar-refractivity contribution in [2.24, 2.45) is 0 Å². The van der Waals surface area contributed by atoms with E-state index in [0.717, 1.165) is 15.7 Å². The highest BCUT2D eigenvalue weighted by atomic mass is 19.4. The quantitative estimate of drug-likeness (QED) is 0.315. The van der Waals surface area contributed by atoms with Crippen LogP contribution in [0.4, 0.5) is 23.7 Å². The molecule has 1 N–H and O–H groups in total. The Morgan fingerprint density at radius 2 is 1.66 bits per heavy atom. The van der Waals surface area contributed by atoms with Crippen LogP contribution >= 0.6 is 0 Å². The number of rotatable bonds is 7. The number of imidazole rings is 1. The Morgan fingerprint density at radius 3 is 2.27 bits per heavy atom. The molecule has 10 nitrogen and oxygen atoms in total. The van der Waals surface area contributed by atoms with Crippen LogP contribution in [-0.4, -0.2) is 79.1 Å². The lowest BCUT2D eigenvalue weighted by molar-refractivity contribution is -0.274. The van der Waals surface area contributed by atoms with Crippen molar-refractivity contribution in [2.45, 2.75) is 43.9 Å². The number of methoxy groups -OCH3 is 3. The third-order valence-electron chi connectivity index (χ3n) is 7.16. The van der Waals surface area contributed by atoms with Gasteiger partial charge in [-0.05, 0) is 54.8 Å². The van der Waals surface area contributed by atoms with E-state index in [4.69, 9.17) is 18.9 Å². The first-order valence-corrected chi connectivity index (χ1v) is 12.6. The van der Waals surface area contributed by atoms with Gasteiger partial charge in [0, 0.05) is 32.4 Å².